The predicted molar refractivity (Wildman–Crippen MR) is 68.0 cm³/mol. The van der Waals surface area contributed by atoms with Gasteiger partial charge in [0.1, 0.15) is 5.71 Å². The lowest BCUT2D eigenvalue weighted by atomic mass is 10.1. The third kappa shape index (κ3) is 4.71. The summed E-state index contributed by atoms with van der Waals surface area (Å²) in [5, 5.41) is 17.8. The number of hydrogen-bond donors (Lipinski definition) is 3. The quantitative estimate of drug-likeness (QED) is 0.543. The molecule has 19 heavy (non-hydrogen) atoms. The van der Waals surface area contributed by atoms with E-state index >= 15 is 0 Å². The Bertz CT molecular complexity index is 506. The minimum absolute atomic E-state index is 0.148. The number of amides is 2. The van der Waals surface area contributed by atoms with E-state index in [1.54, 1.807) is 24.3 Å². The van der Waals surface area contributed by atoms with Gasteiger partial charge in [-0.05, 0) is 6.92 Å². The van der Waals surface area contributed by atoms with E-state index in [9.17, 15) is 14.4 Å². The molecule has 0 saturated carbocycles. The van der Waals surface area contributed by atoms with Crippen molar-refractivity contribution in [3.63, 3.8) is 0 Å². The zero-order valence-electron chi connectivity index (χ0n) is 10.4. The summed E-state index contributed by atoms with van der Waals surface area (Å²) in [6, 6.07) is 6.83. The van der Waals surface area contributed by atoms with Crippen molar-refractivity contribution in [2.75, 3.05) is 0 Å². The summed E-state index contributed by atoms with van der Waals surface area (Å²) >= 11 is 0. The van der Waals surface area contributed by atoms with E-state index in [1.165, 1.54) is 0 Å². The van der Waals surface area contributed by atoms with Gasteiger partial charge in [0, 0.05) is 18.4 Å². The second-order valence-electron chi connectivity index (χ2n) is 4.02. The second-order valence-corrected chi connectivity index (χ2v) is 4.02. The second kappa shape index (κ2) is 6.44. The number of carbonyl (C=O) groups is 3. The Balaban J connectivity index is 0.000000218. The molecule has 0 bridgehead atoms. The Morgan fingerprint density at radius 2 is 1.63 bits per heavy atom. The topological polar surface area (TPSA) is 107 Å². The molecule has 1 heterocycles. The Morgan fingerprint density at radius 3 is 1.95 bits per heavy atom. The van der Waals surface area contributed by atoms with Crippen LogP contribution < -0.4 is 5.32 Å². The number of rotatable bonds is 2. The van der Waals surface area contributed by atoms with Crippen LogP contribution in [-0.4, -0.2) is 28.6 Å². The van der Waals surface area contributed by atoms with Gasteiger partial charge in [0.05, 0.1) is 0 Å². The minimum atomic E-state index is -1.20. The van der Waals surface area contributed by atoms with Crippen LogP contribution in [0.4, 0.5) is 0 Å². The fraction of sp³-hybridized carbons (Fsp3) is 0.231. The standard InChI is InChI=1S/C9H9NO2.C4H5NO2/c1-6-2-4-7(5-3-6)8(10)9(11)12;6-3-1-2-4(7)5-3/h2-5,10H,1H3,(H,11,12);1-2H2,(H,5,6,7). The molecule has 1 aliphatic heterocycles. The fourth-order valence-corrected chi connectivity index (χ4v) is 1.35. The first-order valence-electron chi connectivity index (χ1n) is 5.61. The first-order valence-corrected chi connectivity index (χ1v) is 5.61. The third-order valence-corrected chi connectivity index (χ3v) is 2.41. The summed E-state index contributed by atoms with van der Waals surface area (Å²) in [4.78, 5) is 30.6. The van der Waals surface area contributed by atoms with Crippen LogP contribution >= 0.6 is 0 Å². The van der Waals surface area contributed by atoms with Crippen molar-refractivity contribution >= 4 is 23.5 Å². The lowest BCUT2D eigenvalue weighted by Crippen LogP contribution is -2.18. The first kappa shape index (κ1) is 14.6. The molecule has 1 saturated heterocycles. The van der Waals surface area contributed by atoms with E-state index in [2.05, 4.69) is 5.32 Å². The highest BCUT2D eigenvalue weighted by Gasteiger charge is 2.15. The van der Waals surface area contributed by atoms with Crippen LogP contribution in [0.1, 0.15) is 24.0 Å². The Hall–Kier alpha value is -2.50. The van der Waals surface area contributed by atoms with Crippen molar-refractivity contribution in [2.45, 2.75) is 19.8 Å². The number of carboxylic acid groups (broad SMARTS) is 1. The van der Waals surface area contributed by atoms with E-state index in [0.29, 0.717) is 18.4 Å². The summed E-state index contributed by atoms with van der Waals surface area (Å²) < 4.78 is 0. The first-order chi connectivity index (χ1) is 8.90. The lowest BCUT2D eigenvalue weighted by molar-refractivity contribution is -0.129. The van der Waals surface area contributed by atoms with Crippen molar-refractivity contribution < 1.29 is 19.5 Å². The molecular formula is C13H14N2O4. The average Bonchev–Trinajstić information content (AvgIpc) is 2.74. The smallest absolute Gasteiger partial charge is 0.354 e. The minimum Gasteiger partial charge on any atom is -0.477 e. The highest BCUT2D eigenvalue weighted by Crippen LogP contribution is 2.03. The maximum Gasteiger partial charge on any atom is 0.354 e. The number of hydrogen-bond acceptors (Lipinski definition) is 4. The number of imide groups is 1. The largest absolute Gasteiger partial charge is 0.477 e. The van der Waals surface area contributed by atoms with E-state index < -0.39 is 5.97 Å². The molecule has 1 aliphatic rings. The van der Waals surface area contributed by atoms with E-state index in [1.807, 2.05) is 6.92 Å². The van der Waals surface area contributed by atoms with Gasteiger partial charge < -0.3 is 5.11 Å². The molecule has 0 radical (unpaired) electrons. The predicted octanol–water partition coefficient (Wildman–Crippen LogP) is 0.870. The molecule has 0 spiro atoms. The highest BCUT2D eigenvalue weighted by molar-refractivity contribution is 6.41. The van der Waals surface area contributed by atoms with Crippen LogP contribution in [-0.2, 0) is 14.4 Å². The van der Waals surface area contributed by atoms with E-state index in [-0.39, 0.29) is 17.5 Å². The van der Waals surface area contributed by atoms with Crippen LogP contribution in [0.25, 0.3) is 0 Å². The number of aryl methyl sites for hydroxylation is 1. The van der Waals surface area contributed by atoms with Gasteiger partial charge in [0.15, 0.2) is 0 Å². The molecule has 3 N–H and O–H groups in total. The van der Waals surface area contributed by atoms with Gasteiger partial charge in [0.2, 0.25) is 11.8 Å². The summed E-state index contributed by atoms with van der Waals surface area (Å²) in [5.41, 5.74) is 1.13. The van der Waals surface area contributed by atoms with Gasteiger partial charge in [0.25, 0.3) is 0 Å². The Labute approximate surface area is 110 Å². The van der Waals surface area contributed by atoms with Crippen LogP contribution in [0, 0.1) is 12.3 Å². The van der Waals surface area contributed by atoms with Crippen LogP contribution in [0.3, 0.4) is 0 Å². The van der Waals surface area contributed by atoms with Gasteiger partial charge in [-0.1, -0.05) is 29.8 Å². The summed E-state index contributed by atoms with van der Waals surface area (Å²) in [7, 11) is 0. The lowest BCUT2D eigenvalue weighted by Gasteiger charge is -1.98. The number of benzene rings is 1. The van der Waals surface area contributed by atoms with Crippen molar-refractivity contribution in [1.82, 2.24) is 5.32 Å². The van der Waals surface area contributed by atoms with Gasteiger partial charge in [-0.25, -0.2) is 4.79 Å². The molecule has 0 unspecified atom stereocenters. The molecular weight excluding hydrogens is 248 g/mol. The number of nitrogens with one attached hydrogen (secondary N) is 2. The van der Waals surface area contributed by atoms with Crippen LogP contribution in [0.2, 0.25) is 0 Å². The van der Waals surface area contributed by atoms with Crippen molar-refractivity contribution in [2.24, 2.45) is 0 Å². The molecule has 0 atom stereocenters. The Kier molecular flexibility index (Phi) is 4.93. The van der Waals surface area contributed by atoms with Crippen molar-refractivity contribution in [3.05, 3.63) is 35.4 Å². The van der Waals surface area contributed by atoms with E-state index in [4.69, 9.17) is 10.5 Å². The zero-order chi connectivity index (χ0) is 14.4. The molecule has 6 heteroatoms. The molecule has 1 aromatic carbocycles. The van der Waals surface area contributed by atoms with Crippen molar-refractivity contribution in [1.29, 1.82) is 5.41 Å². The monoisotopic (exact) mass is 262 g/mol. The average molecular weight is 262 g/mol. The molecule has 0 aromatic heterocycles. The molecule has 0 aliphatic carbocycles. The highest BCUT2D eigenvalue weighted by atomic mass is 16.4. The zero-order valence-corrected chi connectivity index (χ0v) is 10.4. The van der Waals surface area contributed by atoms with Crippen LogP contribution in [0.15, 0.2) is 24.3 Å². The number of aliphatic carboxylic acids is 1. The maximum absolute atomic E-state index is 10.4. The van der Waals surface area contributed by atoms with E-state index in [0.717, 1.165) is 5.56 Å². The maximum atomic E-state index is 10.4. The fourth-order valence-electron chi connectivity index (χ4n) is 1.35. The Morgan fingerprint density at radius 1 is 1.16 bits per heavy atom. The molecule has 100 valence electrons. The normalized spacial score (nSPS) is 13.3. The summed E-state index contributed by atoms with van der Waals surface area (Å²) in [6.07, 6.45) is 0.748. The number of carbonyl (C=O) groups excluding carboxylic acids is 2. The van der Waals surface area contributed by atoms with Gasteiger partial charge in [-0.2, -0.15) is 0 Å². The molecule has 1 fully saturated rings. The summed E-state index contributed by atoms with van der Waals surface area (Å²) in [5.74, 6) is -1.49. The molecule has 1 aromatic rings. The summed E-state index contributed by atoms with van der Waals surface area (Å²) in [6.45, 7) is 1.91. The number of carboxylic acids is 1. The molecule has 2 amide bonds. The molecule has 6 nitrogen and oxygen atoms in total. The van der Waals surface area contributed by atoms with Crippen LogP contribution in [0.5, 0.6) is 0 Å². The van der Waals surface area contributed by atoms with Gasteiger partial charge in [-0.3, -0.25) is 20.3 Å². The van der Waals surface area contributed by atoms with Gasteiger partial charge in [-0.15, -0.1) is 0 Å². The van der Waals surface area contributed by atoms with Crippen molar-refractivity contribution in [3.8, 4) is 0 Å². The SMILES string of the molecule is Cc1ccc(C(=N)C(=O)O)cc1.O=C1CCC(=O)N1. The van der Waals surface area contributed by atoms with Gasteiger partial charge >= 0.3 is 5.97 Å². The third-order valence-electron chi connectivity index (χ3n) is 2.41. The molecule has 2 rings (SSSR count).